The minimum atomic E-state index is -1.35. The van der Waals surface area contributed by atoms with Crippen LogP contribution in [-0.2, 0) is 39.7 Å². The smallest absolute Gasteiger partial charge is 0.111 e. The van der Waals surface area contributed by atoms with Gasteiger partial charge in [0.1, 0.15) is 18.3 Å². The van der Waals surface area contributed by atoms with Crippen molar-refractivity contribution in [1.82, 2.24) is 0 Å². The molecule has 0 bridgehead atoms. The molecule has 0 saturated carbocycles. The van der Waals surface area contributed by atoms with E-state index in [2.05, 4.69) is 32.6 Å². The summed E-state index contributed by atoms with van der Waals surface area (Å²) in [6.07, 6.45) is -4.83. The first-order valence-electron chi connectivity index (χ1n) is 5.04. The Hall–Kier alpha value is 1.32. The first-order chi connectivity index (χ1) is 7.31. The van der Waals surface area contributed by atoms with Crippen LogP contribution in [0.3, 0.4) is 0 Å². The minimum Gasteiger partial charge on any atom is -0.759 e. The molecule has 1 aliphatic heterocycles. The normalized spacial score (nSPS) is 36.9. The van der Waals surface area contributed by atoms with Gasteiger partial charge >= 0.3 is 0 Å². The summed E-state index contributed by atoms with van der Waals surface area (Å²) in [5.74, 6) is 0. The van der Waals surface area contributed by atoms with Crippen LogP contribution in [0.2, 0.25) is 0 Å². The Morgan fingerprint density at radius 2 is 1.47 bits per heavy atom. The van der Waals surface area contributed by atoms with Crippen molar-refractivity contribution < 1.29 is 47.5 Å². The molecule has 1 saturated heterocycles. The maximum Gasteiger partial charge on any atom is 0.111 e. The Morgan fingerprint density at radius 1 is 1.06 bits per heavy atom. The summed E-state index contributed by atoms with van der Waals surface area (Å²) in [5, 5.41) is 36.1. The zero-order valence-corrected chi connectivity index (χ0v) is 14.0. The summed E-state index contributed by atoms with van der Waals surface area (Å²) in [7, 11) is 0.120. The molecule has 0 aromatic rings. The number of ether oxygens (including phenoxy) is 1. The second kappa shape index (κ2) is 10.1. The van der Waals surface area contributed by atoms with E-state index < -0.39 is 36.5 Å². The molecule has 0 aromatic carbocycles. The van der Waals surface area contributed by atoms with Gasteiger partial charge in [0.2, 0.25) is 0 Å². The summed E-state index contributed by atoms with van der Waals surface area (Å²) in [6, 6.07) is 0. The molecule has 8 heteroatoms. The van der Waals surface area contributed by atoms with Crippen LogP contribution in [0.5, 0.6) is 0 Å². The molecule has 1 fully saturated rings. The number of hydrogen-bond acceptors (Lipinski definition) is 6. The van der Waals surface area contributed by atoms with E-state index in [4.69, 9.17) is 20.1 Å². The van der Waals surface area contributed by atoms with Gasteiger partial charge in [-0.3, -0.25) is 0 Å². The molecule has 0 aliphatic carbocycles. The molecular formula is C9H21AuO5PS. The van der Waals surface area contributed by atoms with Crippen LogP contribution in [0.25, 0.3) is 0 Å². The standard InChI is InChI=1S/C6H12O5S.C3H9P.Au/c7-1-2-3(8)4(9)5(10)6(12)11-2;1-4(2)3;/h2-10,12H,1H2;1-3H3;/t2?,3-,4+,5?,6+;;/m1../s1. The molecule has 0 aromatic heterocycles. The van der Waals surface area contributed by atoms with E-state index in [-0.39, 0.29) is 30.3 Å². The Bertz CT molecular complexity index is 193. The molecule has 1 rings (SSSR count). The van der Waals surface area contributed by atoms with Crippen molar-refractivity contribution in [3.05, 3.63) is 0 Å². The van der Waals surface area contributed by atoms with E-state index in [0.717, 1.165) is 0 Å². The summed E-state index contributed by atoms with van der Waals surface area (Å²) in [5.41, 5.74) is -0.986. The third-order valence-corrected chi connectivity index (χ3v) is 2.24. The van der Waals surface area contributed by atoms with Gasteiger partial charge < -0.3 is 37.8 Å². The zero-order chi connectivity index (χ0) is 12.9. The van der Waals surface area contributed by atoms with Gasteiger partial charge in [0.05, 0.1) is 12.7 Å². The number of rotatable bonds is 1. The quantitative estimate of drug-likeness (QED) is 0.211. The fourth-order valence-corrected chi connectivity index (χ4v) is 1.37. The second-order valence-electron chi connectivity index (χ2n) is 4.20. The van der Waals surface area contributed by atoms with Gasteiger partial charge in [-0.2, -0.15) is 0 Å². The fourth-order valence-electron chi connectivity index (χ4n) is 1.07. The van der Waals surface area contributed by atoms with Crippen molar-refractivity contribution in [3.8, 4) is 0 Å². The SMILES string of the molecule is C[PH+](C)C.OCC1O[C@@H]([S-])C(O)[C@@H](O)[C@@H]1O.[Au]. The van der Waals surface area contributed by atoms with E-state index >= 15 is 0 Å². The summed E-state index contributed by atoms with van der Waals surface area (Å²) in [6.45, 7) is 6.37. The van der Waals surface area contributed by atoms with Crippen molar-refractivity contribution in [2.24, 2.45) is 0 Å². The molecule has 109 valence electrons. The topological polar surface area (TPSA) is 90.2 Å². The number of aliphatic hydroxyl groups is 4. The average molecular weight is 469 g/mol. The summed E-state index contributed by atoms with van der Waals surface area (Å²) < 4.78 is 4.84. The Labute approximate surface area is 124 Å². The van der Waals surface area contributed by atoms with Gasteiger partial charge in [-0.25, -0.2) is 0 Å². The van der Waals surface area contributed by atoms with Crippen LogP contribution in [-0.4, -0.2) is 76.9 Å². The van der Waals surface area contributed by atoms with E-state index in [1.54, 1.807) is 0 Å². The molecule has 1 heterocycles. The molecule has 4 N–H and O–H groups in total. The van der Waals surface area contributed by atoms with Crippen LogP contribution >= 0.6 is 7.92 Å². The maximum absolute atomic E-state index is 9.18. The van der Waals surface area contributed by atoms with E-state index in [1.807, 2.05) is 0 Å². The summed E-state index contributed by atoms with van der Waals surface area (Å²) >= 11 is 4.63. The van der Waals surface area contributed by atoms with Gasteiger partial charge in [0.25, 0.3) is 0 Å². The molecule has 0 spiro atoms. The monoisotopic (exact) mass is 469 g/mol. The third-order valence-electron chi connectivity index (χ3n) is 1.85. The zero-order valence-electron chi connectivity index (χ0n) is 10.0. The molecule has 17 heavy (non-hydrogen) atoms. The van der Waals surface area contributed by atoms with Crippen molar-refractivity contribution in [2.45, 2.75) is 29.9 Å². The molecule has 1 aliphatic rings. The molecular weight excluding hydrogens is 448 g/mol. The van der Waals surface area contributed by atoms with Crippen molar-refractivity contribution in [3.63, 3.8) is 0 Å². The van der Waals surface area contributed by atoms with Gasteiger partial charge in [-0.05, 0) is 13.4 Å². The van der Waals surface area contributed by atoms with E-state index in [9.17, 15) is 5.11 Å². The largest absolute Gasteiger partial charge is 0.759 e. The van der Waals surface area contributed by atoms with E-state index in [1.165, 1.54) is 0 Å². The first kappa shape index (κ1) is 20.6. The Kier molecular flexibility index (Phi) is 12.3. The molecule has 5 atom stereocenters. The second-order valence-corrected chi connectivity index (χ2v) is 7.66. The van der Waals surface area contributed by atoms with Crippen molar-refractivity contribution >= 4 is 20.6 Å². The first-order valence-corrected chi connectivity index (χ1v) is 8.51. The summed E-state index contributed by atoms with van der Waals surface area (Å²) in [4.78, 5) is 0. The molecule has 5 nitrogen and oxygen atoms in total. The Morgan fingerprint density at radius 3 is 1.82 bits per heavy atom. The van der Waals surface area contributed by atoms with Crippen LogP contribution < -0.4 is 0 Å². The van der Waals surface area contributed by atoms with Gasteiger partial charge in [-0.1, -0.05) is 0 Å². The minimum absolute atomic E-state index is 0. The fraction of sp³-hybridized carbons (Fsp3) is 1.00. The predicted molar refractivity (Wildman–Crippen MR) is 67.2 cm³/mol. The average Bonchev–Trinajstić information content (AvgIpc) is 2.19. The van der Waals surface area contributed by atoms with Crippen LogP contribution in [0.1, 0.15) is 0 Å². The third kappa shape index (κ3) is 7.48. The van der Waals surface area contributed by atoms with Crippen LogP contribution in [0, 0.1) is 0 Å². The van der Waals surface area contributed by atoms with E-state index in [0.29, 0.717) is 0 Å². The molecule has 0 amide bonds. The van der Waals surface area contributed by atoms with Gasteiger partial charge in [0, 0.05) is 42.4 Å². The molecule has 1 radical (unpaired) electrons. The van der Waals surface area contributed by atoms with Gasteiger partial charge in [0.15, 0.2) is 0 Å². The number of hydrogen-bond donors (Lipinski definition) is 4. The Balaban J connectivity index is 0. The predicted octanol–water partition coefficient (Wildman–Crippen LogP) is -1.58. The van der Waals surface area contributed by atoms with Crippen molar-refractivity contribution in [1.29, 1.82) is 0 Å². The maximum atomic E-state index is 9.18. The van der Waals surface area contributed by atoms with Gasteiger partial charge in [-0.15, -0.1) is 0 Å². The number of aliphatic hydroxyl groups excluding tert-OH is 4. The van der Waals surface area contributed by atoms with Crippen LogP contribution in [0.4, 0.5) is 0 Å². The van der Waals surface area contributed by atoms with Crippen LogP contribution in [0.15, 0.2) is 0 Å². The van der Waals surface area contributed by atoms with Crippen molar-refractivity contribution in [2.75, 3.05) is 26.6 Å². The molecule has 2 unspecified atom stereocenters.